The maximum absolute atomic E-state index is 12.7. The number of carbonyl (C=O) groups excluding carboxylic acids is 3. The number of para-hydroxylation sites is 2. The summed E-state index contributed by atoms with van der Waals surface area (Å²) in [5.74, 6) is 0.806. The molecular weight excluding hydrogens is 376 g/mol. The fourth-order valence-corrected chi connectivity index (χ4v) is 3.32. The van der Waals surface area contributed by atoms with Crippen molar-refractivity contribution in [3.63, 3.8) is 0 Å². The Morgan fingerprint density at radius 3 is 2.59 bits per heavy atom. The van der Waals surface area contributed by atoms with Crippen molar-refractivity contribution in [3.05, 3.63) is 24.3 Å². The molecule has 0 saturated carbocycles. The van der Waals surface area contributed by atoms with Crippen molar-refractivity contribution in [2.75, 3.05) is 39.3 Å². The predicted molar refractivity (Wildman–Crippen MR) is 105 cm³/mol. The third-order valence-corrected chi connectivity index (χ3v) is 5.22. The lowest BCUT2D eigenvalue weighted by atomic mass is 10.2. The second-order valence-corrected chi connectivity index (χ2v) is 7.45. The zero-order chi connectivity index (χ0) is 20.8. The van der Waals surface area contributed by atoms with Crippen LogP contribution in [0, 0.1) is 0 Å². The molecule has 1 aromatic carbocycles. The summed E-state index contributed by atoms with van der Waals surface area (Å²) >= 11 is 0. The number of fused-ring (bicyclic) bond motifs is 1. The van der Waals surface area contributed by atoms with Gasteiger partial charge in [0.15, 0.2) is 18.0 Å². The van der Waals surface area contributed by atoms with Crippen LogP contribution >= 0.6 is 0 Å². The van der Waals surface area contributed by atoms with Crippen molar-refractivity contribution in [2.24, 2.45) is 0 Å². The third-order valence-electron chi connectivity index (χ3n) is 5.22. The molecular formula is C20H29N4O5+. The minimum absolute atomic E-state index is 0.0163. The van der Waals surface area contributed by atoms with Gasteiger partial charge in [-0.2, -0.15) is 0 Å². The minimum Gasteiger partial charge on any atom is -0.485 e. The Hall–Kier alpha value is -2.81. The number of nitrogens with one attached hydrogen (secondary N) is 3. The summed E-state index contributed by atoms with van der Waals surface area (Å²) in [4.78, 5) is 39.3. The molecule has 29 heavy (non-hydrogen) atoms. The fourth-order valence-electron chi connectivity index (χ4n) is 3.32. The second kappa shape index (κ2) is 9.60. The number of hydrogen-bond acceptors (Lipinski definition) is 5. The predicted octanol–water partition coefficient (Wildman–Crippen LogP) is -0.822. The van der Waals surface area contributed by atoms with E-state index in [1.54, 1.807) is 11.0 Å². The van der Waals surface area contributed by atoms with Crippen molar-refractivity contribution in [2.45, 2.75) is 32.4 Å². The Morgan fingerprint density at radius 1 is 1.21 bits per heavy atom. The molecule has 2 aliphatic rings. The molecule has 0 bridgehead atoms. The van der Waals surface area contributed by atoms with E-state index in [2.05, 4.69) is 10.6 Å². The van der Waals surface area contributed by atoms with E-state index in [9.17, 15) is 14.4 Å². The molecule has 3 N–H and O–H groups in total. The summed E-state index contributed by atoms with van der Waals surface area (Å²) in [6, 6.07) is 6.84. The molecule has 1 aromatic rings. The zero-order valence-corrected chi connectivity index (χ0v) is 16.9. The highest BCUT2D eigenvalue weighted by Gasteiger charge is 2.34. The van der Waals surface area contributed by atoms with E-state index < -0.39 is 12.1 Å². The summed E-state index contributed by atoms with van der Waals surface area (Å²) in [6.45, 7) is 6.56. The van der Waals surface area contributed by atoms with Gasteiger partial charge >= 0.3 is 6.03 Å². The normalized spacial score (nSPS) is 19.9. The Balaban J connectivity index is 1.42. The summed E-state index contributed by atoms with van der Waals surface area (Å²) in [5.41, 5.74) is 0. The van der Waals surface area contributed by atoms with Crippen molar-refractivity contribution >= 4 is 17.8 Å². The van der Waals surface area contributed by atoms with Gasteiger partial charge in [0.05, 0.1) is 26.2 Å². The number of imide groups is 1. The van der Waals surface area contributed by atoms with Crippen LogP contribution in [0.2, 0.25) is 0 Å². The lowest BCUT2D eigenvalue weighted by molar-refractivity contribution is -0.896. The van der Waals surface area contributed by atoms with Crippen molar-refractivity contribution in [1.29, 1.82) is 0 Å². The largest absolute Gasteiger partial charge is 0.485 e. The van der Waals surface area contributed by atoms with Crippen molar-refractivity contribution in [3.8, 4) is 11.5 Å². The van der Waals surface area contributed by atoms with Gasteiger partial charge < -0.3 is 24.6 Å². The van der Waals surface area contributed by atoms with Gasteiger partial charge in [0.25, 0.3) is 11.8 Å². The lowest BCUT2D eigenvalue weighted by Gasteiger charge is -2.35. The standard InChI is InChI=1S/C20H28N4O5/c1-3-14(2)21-20(27)22-18(25)12-23-8-10-24(11-9-23)19(26)17-13-28-15-6-4-5-7-16(15)29-17/h4-7,14,17H,3,8-13H2,1-2H3,(H2,21,22,25,27)/p+1/t14-,17-/m0/s1. The molecule has 2 atom stereocenters. The SMILES string of the molecule is CC[C@H](C)NC(=O)NC(=O)C[NH+]1CCN(C(=O)[C@@H]2COc3ccccc3O2)CC1. The summed E-state index contributed by atoms with van der Waals surface area (Å²) in [5, 5.41) is 5.07. The number of rotatable bonds is 5. The fraction of sp³-hybridized carbons (Fsp3) is 0.550. The number of urea groups is 1. The van der Waals surface area contributed by atoms with Crippen LogP contribution in [0.3, 0.4) is 0 Å². The average Bonchev–Trinajstić information content (AvgIpc) is 2.73. The third kappa shape index (κ3) is 5.60. The Labute approximate surface area is 170 Å². The van der Waals surface area contributed by atoms with Gasteiger partial charge in [-0.3, -0.25) is 14.9 Å². The van der Waals surface area contributed by atoms with E-state index in [4.69, 9.17) is 9.47 Å². The first-order valence-electron chi connectivity index (χ1n) is 10.1. The number of nitrogens with zero attached hydrogens (tertiary/aromatic N) is 1. The van der Waals surface area contributed by atoms with Crippen LogP contribution in [0.4, 0.5) is 4.79 Å². The van der Waals surface area contributed by atoms with Crippen LogP contribution in [0.15, 0.2) is 24.3 Å². The molecule has 0 unspecified atom stereocenters. The first-order valence-corrected chi connectivity index (χ1v) is 10.1. The molecule has 0 spiro atoms. The molecule has 0 aromatic heterocycles. The summed E-state index contributed by atoms with van der Waals surface area (Å²) < 4.78 is 11.4. The number of carbonyl (C=O) groups is 3. The van der Waals surface area contributed by atoms with Crippen LogP contribution in [-0.2, 0) is 9.59 Å². The topological polar surface area (TPSA) is 101 Å². The molecule has 2 heterocycles. The maximum Gasteiger partial charge on any atom is 0.321 e. The van der Waals surface area contributed by atoms with Crippen molar-refractivity contribution < 1.29 is 28.8 Å². The smallest absolute Gasteiger partial charge is 0.321 e. The van der Waals surface area contributed by atoms with Gasteiger partial charge in [-0.05, 0) is 25.5 Å². The van der Waals surface area contributed by atoms with Crippen LogP contribution in [-0.4, -0.2) is 74.2 Å². The van der Waals surface area contributed by atoms with Crippen LogP contribution < -0.4 is 25.0 Å². The number of ether oxygens (including phenoxy) is 2. The first-order chi connectivity index (χ1) is 14.0. The molecule has 2 aliphatic heterocycles. The molecule has 9 nitrogen and oxygen atoms in total. The van der Waals surface area contributed by atoms with Gasteiger partial charge in [0.2, 0.25) is 6.10 Å². The Morgan fingerprint density at radius 2 is 1.90 bits per heavy atom. The number of piperazine rings is 1. The lowest BCUT2D eigenvalue weighted by Crippen LogP contribution is -3.16. The maximum atomic E-state index is 12.7. The van der Waals surface area contributed by atoms with Crippen LogP contribution in [0.25, 0.3) is 0 Å². The summed E-state index contributed by atoms with van der Waals surface area (Å²) in [7, 11) is 0. The molecule has 0 aliphatic carbocycles. The Kier molecular flexibility index (Phi) is 6.92. The molecule has 158 valence electrons. The van der Waals surface area contributed by atoms with Gasteiger partial charge in [-0.25, -0.2) is 4.79 Å². The molecule has 1 fully saturated rings. The van der Waals surface area contributed by atoms with Crippen LogP contribution in [0.5, 0.6) is 11.5 Å². The van der Waals surface area contributed by atoms with E-state index >= 15 is 0 Å². The number of hydrogen-bond donors (Lipinski definition) is 3. The van der Waals surface area contributed by atoms with Gasteiger partial charge in [-0.1, -0.05) is 19.1 Å². The van der Waals surface area contributed by atoms with Gasteiger partial charge in [-0.15, -0.1) is 0 Å². The van der Waals surface area contributed by atoms with E-state index in [1.165, 1.54) is 0 Å². The quantitative estimate of drug-likeness (QED) is 0.594. The Bertz CT molecular complexity index is 748. The average molecular weight is 405 g/mol. The van der Waals surface area contributed by atoms with E-state index in [1.807, 2.05) is 32.0 Å². The molecule has 9 heteroatoms. The molecule has 4 amide bonds. The van der Waals surface area contributed by atoms with E-state index in [0.29, 0.717) is 37.7 Å². The highest BCUT2D eigenvalue weighted by molar-refractivity contribution is 5.94. The van der Waals surface area contributed by atoms with Crippen molar-refractivity contribution in [1.82, 2.24) is 15.5 Å². The number of amides is 4. The number of benzene rings is 1. The highest BCUT2D eigenvalue weighted by atomic mass is 16.6. The number of quaternary nitrogens is 1. The highest BCUT2D eigenvalue weighted by Crippen LogP contribution is 2.31. The zero-order valence-electron chi connectivity index (χ0n) is 16.9. The van der Waals surface area contributed by atoms with E-state index in [0.717, 1.165) is 11.3 Å². The molecule has 0 radical (unpaired) electrons. The summed E-state index contributed by atoms with van der Waals surface area (Å²) in [6.07, 6.45) is 0.142. The molecule has 3 rings (SSSR count). The first kappa shape index (κ1) is 20.9. The molecule has 1 saturated heterocycles. The van der Waals surface area contributed by atoms with Gasteiger partial charge in [0.1, 0.15) is 6.61 Å². The van der Waals surface area contributed by atoms with E-state index in [-0.39, 0.29) is 31.0 Å². The monoisotopic (exact) mass is 405 g/mol. The van der Waals surface area contributed by atoms with Gasteiger partial charge in [0, 0.05) is 6.04 Å². The second-order valence-electron chi connectivity index (χ2n) is 7.45. The minimum atomic E-state index is -0.654. The van der Waals surface area contributed by atoms with Crippen LogP contribution in [0.1, 0.15) is 20.3 Å².